The van der Waals surface area contributed by atoms with E-state index in [4.69, 9.17) is 10.2 Å². The van der Waals surface area contributed by atoms with E-state index in [-0.39, 0.29) is 40.2 Å². The number of phenols is 3. The Hall–Kier alpha value is -3.19. The van der Waals surface area contributed by atoms with E-state index < -0.39 is 22.5 Å². The lowest BCUT2D eigenvalue weighted by Crippen LogP contribution is -2.32. The van der Waals surface area contributed by atoms with Crippen molar-refractivity contribution in [2.45, 2.75) is 32.2 Å². The molecule has 0 saturated heterocycles. The Morgan fingerprint density at radius 1 is 1.04 bits per heavy atom. The van der Waals surface area contributed by atoms with Gasteiger partial charge < -0.3 is 30.6 Å². The first-order chi connectivity index (χ1) is 12.6. The molecule has 7 heteroatoms. The minimum Gasteiger partial charge on any atom is -0.508 e. The number of aromatic hydroxyl groups is 4. The maximum Gasteiger partial charge on any atom is 0.238 e. The lowest BCUT2D eigenvalue weighted by atomic mass is 9.94. The van der Waals surface area contributed by atoms with Gasteiger partial charge in [-0.25, -0.2) is 0 Å². The summed E-state index contributed by atoms with van der Waals surface area (Å²) in [5.41, 5.74) is 5.07. The van der Waals surface area contributed by atoms with Crippen LogP contribution in [0.4, 0.5) is 0 Å². The van der Waals surface area contributed by atoms with Gasteiger partial charge in [0.2, 0.25) is 11.2 Å². The number of fused-ring (bicyclic) bond motifs is 1. The molecule has 27 heavy (non-hydrogen) atoms. The van der Waals surface area contributed by atoms with Crippen LogP contribution in [0.5, 0.6) is 23.0 Å². The molecule has 142 valence electrons. The first-order valence-corrected chi connectivity index (χ1v) is 8.40. The largest absolute Gasteiger partial charge is 0.508 e. The molecular formula is C20H21NO6. The fourth-order valence-electron chi connectivity index (χ4n) is 2.85. The van der Waals surface area contributed by atoms with Gasteiger partial charge in [0.05, 0.1) is 0 Å². The Morgan fingerprint density at radius 2 is 1.67 bits per heavy atom. The Kier molecular flexibility index (Phi) is 4.49. The summed E-state index contributed by atoms with van der Waals surface area (Å²) in [6, 6.07) is 6.93. The molecule has 0 aliphatic carbocycles. The van der Waals surface area contributed by atoms with Crippen LogP contribution in [-0.4, -0.2) is 26.0 Å². The van der Waals surface area contributed by atoms with Crippen molar-refractivity contribution >= 4 is 11.0 Å². The molecule has 3 aromatic rings. The summed E-state index contributed by atoms with van der Waals surface area (Å²) in [6.45, 7) is 3.62. The second-order valence-corrected chi connectivity index (χ2v) is 7.24. The van der Waals surface area contributed by atoms with Crippen LogP contribution in [0.25, 0.3) is 22.3 Å². The third-order valence-corrected chi connectivity index (χ3v) is 4.36. The number of rotatable bonds is 4. The normalized spacial score (nSPS) is 11.8. The average Bonchev–Trinajstić information content (AvgIpc) is 2.57. The lowest BCUT2D eigenvalue weighted by Gasteiger charge is -2.19. The van der Waals surface area contributed by atoms with Crippen molar-refractivity contribution in [1.29, 1.82) is 0 Å². The van der Waals surface area contributed by atoms with Crippen LogP contribution in [0.1, 0.15) is 25.8 Å². The monoisotopic (exact) mass is 371 g/mol. The first kappa shape index (κ1) is 18.6. The van der Waals surface area contributed by atoms with Crippen LogP contribution in [-0.2, 0) is 6.42 Å². The predicted molar refractivity (Wildman–Crippen MR) is 101 cm³/mol. The molecule has 0 saturated carbocycles. The smallest absolute Gasteiger partial charge is 0.238 e. The fourth-order valence-corrected chi connectivity index (χ4v) is 2.85. The zero-order chi connectivity index (χ0) is 19.9. The highest BCUT2D eigenvalue weighted by molar-refractivity contribution is 5.89. The zero-order valence-corrected chi connectivity index (χ0v) is 15.0. The number of nitrogens with two attached hydrogens (primary N) is 1. The van der Waals surface area contributed by atoms with Crippen LogP contribution in [0.3, 0.4) is 0 Å². The predicted octanol–water partition coefficient (Wildman–Crippen LogP) is 2.95. The minimum atomic E-state index is -0.815. The highest BCUT2D eigenvalue weighted by Crippen LogP contribution is 2.39. The Labute approximate surface area is 154 Å². The van der Waals surface area contributed by atoms with E-state index in [9.17, 15) is 25.2 Å². The van der Waals surface area contributed by atoms with Crippen LogP contribution in [0, 0.1) is 0 Å². The topological polar surface area (TPSA) is 137 Å². The number of benzene rings is 2. The van der Waals surface area contributed by atoms with E-state index in [2.05, 4.69) is 0 Å². The third kappa shape index (κ3) is 3.54. The van der Waals surface area contributed by atoms with Gasteiger partial charge in [0.25, 0.3) is 0 Å². The zero-order valence-electron chi connectivity index (χ0n) is 15.0. The summed E-state index contributed by atoms with van der Waals surface area (Å²) in [4.78, 5) is 12.6. The number of hydrogen-bond donors (Lipinski definition) is 5. The lowest BCUT2D eigenvalue weighted by molar-refractivity contribution is 0.420. The highest BCUT2D eigenvalue weighted by atomic mass is 16.4. The molecule has 1 heterocycles. The second kappa shape index (κ2) is 6.51. The summed E-state index contributed by atoms with van der Waals surface area (Å²) in [5, 5.41) is 40.3. The maximum absolute atomic E-state index is 12.6. The van der Waals surface area contributed by atoms with Crippen molar-refractivity contribution in [3.05, 3.63) is 46.1 Å². The molecule has 0 atom stereocenters. The van der Waals surface area contributed by atoms with Gasteiger partial charge in [-0.2, -0.15) is 0 Å². The summed E-state index contributed by atoms with van der Waals surface area (Å²) in [6.07, 6.45) is 0.708. The van der Waals surface area contributed by atoms with Gasteiger partial charge in [-0.05, 0) is 51.0 Å². The van der Waals surface area contributed by atoms with Gasteiger partial charge in [0.1, 0.15) is 28.2 Å². The summed E-state index contributed by atoms with van der Waals surface area (Å²) in [7, 11) is 0. The van der Waals surface area contributed by atoms with E-state index in [1.807, 2.05) is 13.8 Å². The summed E-state index contributed by atoms with van der Waals surface area (Å²) >= 11 is 0. The summed E-state index contributed by atoms with van der Waals surface area (Å²) < 4.78 is 5.59. The van der Waals surface area contributed by atoms with Crippen molar-refractivity contribution in [2.75, 3.05) is 0 Å². The molecule has 1 aromatic heterocycles. The van der Waals surface area contributed by atoms with Crippen LogP contribution in [0.15, 0.2) is 39.5 Å². The van der Waals surface area contributed by atoms with E-state index >= 15 is 0 Å². The molecule has 0 spiro atoms. The van der Waals surface area contributed by atoms with E-state index in [0.29, 0.717) is 12.0 Å². The summed E-state index contributed by atoms with van der Waals surface area (Å²) in [5.74, 6) is -1.43. The molecular weight excluding hydrogens is 350 g/mol. The Bertz CT molecular complexity index is 1060. The second-order valence-electron chi connectivity index (χ2n) is 7.24. The number of phenolic OH excluding ortho intramolecular Hbond substituents is 3. The van der Waals surface area contributed by atoms with Crippen molar-refractivity contribution < 1.29 is 24.8 Å². The fraction of sp³-hybridized carbons (Fsp3) is 0.250. The molecule has 0 radical (unpaired) electrons. The van der Waals surface area contributed by atoms with Crippen LogP contribution >= 0.6 is 0 Å². The molecule has 7 nitrogen and oxygen atoms in total. The van der Waals surface area contributed by atoms with Gasteiger partial charge in [-0.1, -0.05) is 0 Å². The van der Waals surface area contributed by atoms with Gasteiger partial charge in [-0.15, -0.1) is 0 Å². The quantitative estimate of drug-likeness (QED) is 0.475. The molecule has 3 rings (SSSR count). The van der Waals surface area contributed by atoms with Crippen molar-refractivity contribution in [2.24, 2.45) is 5.73 Å². The van der Waals surface area contributed by atoms with Gasteiger partial charge in [0, 0.05) is 22.7 Å². The molecule has 0 fully saturated rings. The van der Waals surface area contributed by atoms with E-state index in [1.165, 1.54) is 30.3 Å². The van der Waals surface area contributed by atoms with Crippen molar-refractivity contribution in [3.8, 4) is 34.3 Å². The molecule has 6 N–H and O–H groups in total. The first-order valence-electron chi connectivity index (χ1n) is 8.40. The third-order valence-electron chi connectivity index (χ3n) is 4.36. The standard InChI is InChI=1S/C20H21NO6/c1-20(2,21)8-7-12-13(23)9-14-15(16(12)24)17(25)18(26)19(27-14)10-3-5-11(22)6-4-10/h3-6,9,22-24,26H,7-8,21H2,1-2H3. The van der Waals surface area contributed by atoms with Crippen LogP contribution in [0.2, 0.25) is 0 Å². The molecule has 0 unspecified atom stereocenters. The molecule has 2 aromatic carbocycles. The average molecular weight is 371 g/mol. The van der Waals surface area contributed by atoms with Crippen molar-refractivity contribution in [1.82, 2.24) is 0 Å². The Balaban J connectivity index is 2.20. The molecule has 0 amide bonds. The molecule has 0 aliphatic rings. The van der Waals surface area contributed by atoms with Gasteiger partial charge in [-0.3, -0.25) is 4.79 Å². The van der Waals surface area contributed by atoms with Gasteiger partial charge in [0.15, 0.2) is 5.76 Å². The van der Waals surface area contributed by atoms with Crippen molar-refractivity contribution in [3.63, 3.8) is 0 Å². The van der Waals surface area contributed by atoms with E-state index in [1.54, 1.807) is 0 Å². The van der Waals surface area contributed by atoms with Crippen LogP contribution < -0.4 is 11.2 Å². The SMILES string of the molecule is CC(C)(N)CCc1c(O)cc2oc(-c3ccc(O)cc3)c(O)c(=O)c2c1O. The molecule has 0 aliphatic heterocycles. The minimum absolute atomic E-state index is 0.0177. The Morgan fingerprint density at radius 3 is 2.26 bits per heavy atom. The molecule has 0 bridgehead atoms. The number of hydrogen-bond acceptors (Lipinski definition) is 7. The van der Waals surface area contributed by atoms with E-state index in [0.717, 1.165) is 0 Å². The van der Waals surface area contributed by atoms with Gasteiger partial charge >= 0.3 is 0 Å². The maximum atomic E-state index is 12.6. The highest BCUT2D eigenvalue weighted by Gasteiger charge is 2.23.